The van der Waals surface area contributed by atoms with E-state index >= 15 is 0 Å². The molecule has 0 unspecified atom stereocenters. The summed E-state index contributed by atoms with van der Waals surface area (Å²) in [5.74, 6) is -1.26. The molecule has 6 heteroatoms. The third kappa shape index (κ3) is 4.12. The van der Waals surface area contributed by atoms with Gasteiger partial charge in [-0.05, 0) is 12.8 Å². The first kappa shape index (κ1) is 12.2. The number of nitrogens with zero attached hydrogens (tertiary/aromatic N) is 2. The second-order valence-electron chi connectivity index (χ2n) is 3.56. The molecular formula is C10H15N3O3. The van der Waals surface area contributed by atoms with Gasteiger partial charge in [-0.2, -0.15) is 5.10 Å². The zero-order valence-corrected chi connectivity index (χ0v) is 8.93. The van der Waals surface area contributed by atoms with E-state index in [4.69, 9.17) is 10.8 Å². The van der Waals surface area contributed by atoms with Crippen molar-refractivity contribution < 1.29 is 14.7 Å². The van der Waals surface area contributed by atoms with Crippen LogP contribution in [0.15, 0.2) is 12.4 Å². The van der Waals surface area contributed by atoms with Gasteiger partial charge in [-0.1, -0.05) is 6.42 Å². The Hall–Kier alpha value is -1.85. The molecule has 16 heavy (non-hydrogen) atoms. The molecule has 6 nitrogen and oxygen atoms in total. The summed E-state index contributed by atoms with van der Waals surface area (Å²) in [6, 6.07) is 0. The van der Waals surface area contributed by atoms with Gasteiger partial charge in [-0.25, -0.2) is 0 Å². The van der Waals surface area contributed by atoms with Crippen LogP contribution >= 0.6 is 0 Å². The molecule has 3 N–H and O–H groups in total. The van der Waals surface area contributed by atoms with Crippen molar-refractivity contribution in [2.45, 2.75) is 32.2 Å². The predicted molar refractivity (Wildman–Crippen MR) is 56.8 cm³/mol. The number of primary amides is 1. The smallest absolute Gasteiger partial charge is 0.303 e. The van der Waals surface area contributed by atoms with Gasteiger partial charge in [0.1, 0.15) is 0 Å². The van der Waals surface area contributed by atoms with Crippen molar-refractivity contribution in [1.82, 2.24) is 9.78 Å². The Labute approximate surface area is 93.1 Å². The third-order valence-corrected chi connectivity index (χ3v) is 2.20. The summed E-state index contributed by atoms with van der Waals surface area (Å²) in [5.41, 5.74) is 5.47. The van der Waals surface area contributed by atoms with Crippen LogP contribution in [0.4, 0.5) is 0 Å². The lowest BCUT2D eigenvalue weighted by Gasteiger charge is -2.00. The first-order valence-electron chi connectivity index (χ1n) is 5.13. The van der Waals surface area contributed by atoms with E-state index in [-0.39, 0.29) is 6.42 Å². The Morgan fingerprint density at radius 2 is 2.12 bits per heavy atom. The van der Waals surface area contributed by atoms with Gasteiger partial charge in [0, 0.05) is 19.2 Å². The number of carboxylic acid groups (broad SMARTS) is 1. The highest BCUT2D eigenvalue weighted by molar-refractivity contribution is 5.92. The number of hydrogen-bond donors (Lipinski definition) is 2. The molecule has 0 aliphatic rings. The standard InChI is InChI=1S/C10H15N3O3/c11-10(16)8-6-12-13(7-8)5-3-1-2-4-9(14)15/h6-7H,1-5H2,(H2,11,16)(H,14,15). The number of unbranched alkanes of at least 4 members (excludes halogenated alkanes) is 2. The Morgan fingerprint density at radius 3 is 2.69 bits per heavy atom. The van der Waals surface area contributed by atoms with Crippen LogP contribution in [0.5, 0.6) is 0 Å². The highest BCUT2D eigenvalue weighted by Crippen LogP contribution is 2.03. The topological polar surface area (TPSA) is 98.2 Å². The van der Waals surface area contributed by atoms with Crippen molar-refractivity contribution in [3.05, 3.63) is 18.0 Å². The number of amides is 1. The lowest BCUT2D eigenvalue weighted by Crippen LogP contribution is -2.09. The van der Waals surface area contributed by atoms with Crippen LogP contribution in [0.1, 0.15) is 36.0 Å². The Morgan fingerprint density at radius 1 is 1.38 bits per heavy atom. The molecule has 1 amide bonds. The summed E-state index contributed by atoms with van der Waals surface area (Å²) in [4.78, 5) is 21.0. The van der Waals surface area contributed by atoms with Gasteiger partial charge < -0.3 is 10.8 Å². The monoisotopic (exact) mass is 225 g/mol. The van der Waals surface area contributed by atoms with E-state index in [0.717, 1.165) is 12.8 Å². The van der Waals surface area contributed by atoms with E-state index in [0.29, 0.717) is 18.5 Å². The number of carbonyl (C=O) groups is 2. The van der Waals surface area contributed by atoms with Crippen molar-refractivity contribution >= 4 is 11.9 Å². The minimum atomic E-state index is -0.768. The average molecular weight is 225 g/mol. The highest BCUT2D eigenvalue weighted by Gasteiger charge is 2.03. The quantitative estimate of drug-likeness (QED) is 0.665. The fourth-order valence-electron chi connectivity index (χ4n) is 1.34. The minimum Gasteiger partial charge on any atom is -0.481 e. The fourth-order valence-corrected chi connectivity index (χ4v) is 1.34. The summed E-state index contributed by atoms with van der Waals surface area (Å²) in [5, 5.41) is 12.4. The fraction of sp³-hybridized carbons (Fsp3) is 0.500. The normalized spacial score (nSPS) is 10.2. The molecule has 0 aromatic carbocycles. The zero-order valence-electron chi connectivity index (χ0n) is 8.93. The van der Waals surface area contributed by atoms with Crippen LogP contribution < -0.4 is 5.73 Å². The molecular weight excluding hydrogens is 210 g/mol. The Balaban J connectivity index is 2.21. The summed E-state index contributed by atoms with van der Waals surface area (Å²) < 4.78 is 1.64. The SMILES string of the molecule is NC(=O)c1cnn(CCCCCC(=O)O)c1. The predicted octanol–water partition coefficient (Wildman–Crippen LogP) is 0.627. The van der Waals surface area contributed by atoms with Gasteiger partial charge in [0.05, 0.1) is 11.8 Å². The number of aromatic nitrogens is 2. The first-order chi connectivity index (χ1) is 7.59. The van der Waals surface area contributed by atoms with E-state index in [1.54, 1.807) is 10.9 Å². The summed E-state index contributed by atoms with van der Waals surface area (Å²) in [7, 11) is 0. The van der Waals surface area contributed by atoms with Gasteiger partial charge in [-0.15, -0.1) is 0 Å². The molecule has 1 rings (SSSR count). The molecule has 0 spiro atoms. The van der Waals surface area contributed by atoms with Crippen LogP contribution in [0.2, 0.25) is 0 Å². The number of aryl methyl sites for hydroxylation is 1. The average Bonchev–Trinajstić information content (AvgIpc) is 2.65. The molecule has 88 valence electrons. The van der Waals surface area contributed by atoms with Crippen LogP contribution in [-0.2, 0) is 11.3 Å². The third-order valence-electron chi connectivity index (χ3n) is 2.20. The maximum atomic E-state index is 10.8. The van der Waals surface area contributed by atoms with E-state index in [9.17, 15) is 9.59 Å². The largest absolute Gasteiger partial charge is 0.481 e. The minimum absolute atomic E-state index is 0.200. The number of rotatable bonds is 7. The number of carbonyl (C=O) groups excluding carboxylic acids is 1. The van der Waals surface area contributed by atoms with Crippen LogP contribution in [-0.4, -0.2) is 26.8 Å². The molecule has 0 aliphatic carbocycles. The van der Waals surface area contributed by atoms with Gasteiger partial charge in [-0.3, -0.25) is 14.3 Å². The molecule has 0 bridgehead atoms. The van der Waals surface area contributed by atoms with Crippen molar-refractivity contribution in [3.8, 4) is 0 Å². The van der Waals surface area contributed by atoms with Gasteiger partial charge >= 0.3 is 5.97 Å². The van der Waals surface area contributed by atoms with E-state index in [2.05, 4.69) is 5.10 Å². The molecule has 0 fully saturated rings. The first-order valence-corrected chi connectivity index (χ1v) is 5.13. The Bertz CT molecular complexity index is 373. The Kier molecular flexibility index (Phi) is 4.50. The molecule has 0 radical (unpaired) electrons. The van der Waals surface area contributed by atoms with E-state index < -0.39 is 11.9 Å². The van der Waals surface area contributed by atoms with Crippen molar-refractivity contribution in [1.29, 1.82) is 0 Å². The zero-order chi connectivity index (χ0) is 12.0. The summed E-state index contributed by atoms with van der Waals surface area (Å²) >= 11 is 0. The molecule has 1 aromatic rings. The molecule has 0 atom stereocenters. The van der Waals surface area contributed by atoms with Crippen LogP contribution in [0.25, 0.3) is 0 Å². The molecule has 1 heterocycles. The van der Waals surface area contributed by atoms with Gasteiger partial charge in [0.15, 0.2) is 0 Å². The maximum Gasteiger partial charge on any atom is 0.303 e. The van der Waals surface area contributed by atoms with Gasteiger partial charge in [0.2, 0.25) is 0 Å². The second-order valence-corrected chi connectivity index (χ2v) is 3.56. The van der Waals surface area contributed by atoms with Crippen LogP contribution in [0, 0.1) is 0 Å². The molecule has 0 saturated heterocycles. The van der Waals surface area contributed by atoms with Crippen LogP contribution in [0.3, 0.4) is 0 Å². The van der Waals surface area contributed by atoms with E-state index in [1.807, 2.05) is 0 Å². The molecule has 0 saturated carbocycles. The molecule has 1 aromatic heterocycles. The second kappa shape index (κ2) is 5.89. The lowest BCUT2D eigenvalue weighted by molar-refractivity contribution is -0.137. The lowest BCUT2D eigenvalue weighted by atomic mass is 10.2. The number of hydrogen-bond acceptors (Lipinski definition) is 3. The summed E-state index contributed by atoms with van der Waals surface area (Å²) in [6.07, 6.45) is 5.56. The van der Waals surface area contributed by atoms with Crippen molar-refractivity contribution in [2.24, 2.45) is 5.73 Å². The summed E-state index contributed by atoms with van der Waals surface area (Å²) in [6.45, 7) is 0.674. The maximum absolute atomic E-state index is 10.8. The van der Waals surface area contributed by atoms with Crippen molar-refractivity contribution in [3.63, 3.8) is 0 Å². The highest BCUT2D eigenvalue weighted by atomic mass is 16.4. The van der Waals surface area contributed by atoms with E-state index in [1.165, 1.54) is 6.20 Å². The number of nitrogens with two attached hydrogens (primary N) is 1. The van der Waals surface area contributed by atoms with Crippen molar-refractivity contribution in [2.75, 3.05) is 0 Å². The van der Waals surface area contributed by atoms with Gasteiger partial charge in [0.25, 0.3) is 5.91 Å². The number of carboxylic acids is 1. The molecule has 0 aliphatic heterocycles. The number of aliphatic carboxylic acids is 1.